The van der Waals surface area contributed by atoms with Crippen molar-refractivity contribution in [3.63, 3.8) is 0 Å². The van der Waals surface area contributed by atoms with E-state index in [0.717, 1.165) is 28.5 Å². The van der Waals surface area contributed by atoms with Gasteiger partial charge in [0.25, 0.3) is 5.91 Å². The van der Waals surface area contributed by atoms with Gasteiger partial charge < -0.3 is 4.74 Å². The Bertz CT molecular complexity index is 814. The van der Waals surface area contributed by atoms with E-state index in [-0.39, 0.29) is 5.91 Å². The van der Waals surface area contributed by atoms with E-state index in [1.807, 2.05) is 49.4 Å². The number of thioether (sulfide) groups is 1. The van der Waals surface area contributed by atoms with Crippen molar-refractivity contribution in [3.05, 3.63) is 46.9 Å². The number of ether oxygens (including phenoxy) is 1. The number of benzene rings is 2. The van der Waals surface area contributed by atoms with Crippen LogP contribution < -0.4 is 4.74 Å². The van der Waals surface area contributed by atoms with Crippen LogP contribution in [0.5, 0.6) is 5.75 Å². The van der Waals surface area contributed by atoms with Crippen molar-refractivity contribution < 1.29 is 9.53 Å². The van der Waals surface area contributed by atoms with Crippen LogP contribution >= 0.6 is 24.0 Å². The van der Waals surface area contributed by atoms with Gasteiger partial charge in [-0.2, -0.15) is 0 Å². The van der Waals surface area contributed by atoms with Crippen molar-refractivity contribution in [1.29, 1.82) is 0 Å². The van der Waals surface area contributed by atoms with E-state index < -0.39 is 0 Å². The summed E-state index contributed by atoms with van der Waals surface area (Å²) in [5.41, 5.74) is 0.999. The van der Waals surface area contributed by atoms with Crippen LogP contribution in [0.25, 0.3) is 16.8 Å². The zero-order valence-electron chi connectivity index (χ0n) is 13.0. The van der Waals surface area contributed by atoms with Gasteiger partial charge in [0.1, 0.15) is 10.1 Å². The number of amides is 1. The Balaban J connectivity index is 2.05. The quantitative estimate of drug-likeness (QED) is 0.605. The molecule has 3 rings (SSSR count). The Morgan fingerprint density at radius 2 is 1.96 bits per heavy atom. The third kappa shape index (κ3) is 2.99. The van der Waals surface area contributed by atoms with Crippen LogP contribution in [0.1, 0.15) is 18.9 Å². The van der Waals surface area contributed by atoms with Crippen molar-refractivity contribution in [3.8, 4) is 5.75 Å². The minimum atomic E-state index is 0.00162. The van der Waals surface area contributed by atoms with Gasteiger partial charge in [-0.15, -0.1) is 0 Å². The molecule has 0 N–H and O–H groups in total. The fourth-order valence-corrected chi connectivity index (χ4v) is 3.96. The smallest absolute Gasteiger partial charge is 0.266 e. The van der Waals surface area contributed by atoms with Crippen LogP contribution in [0, 0.1) is 0 Å². The number of methoxy groups -OCH3 is 1. The van der Waals surface area contributed by atoms with Crippen molar-refractivity contribution in [2.75, 3.05) is 13.7 Å². The molecule has 118 valence electrons. The number of carbonyl (C=O) groups is 1. The third-order valence-corrected chi connectivity index (χ3v) is 5.12. The lowest BCUT2D eigenvalue weighted by Crippen LogP contribution is -2.28. The number of hydrogen-bond acceptors (Lipinski definition) is 4. The van der Waals surface area contributed by atoms with Crippen LogP contribution in [0.3, 0.4) is 0 Å². The molecule has 0 aromatic heterocycles. The van der Waals surface area contributed by atoms with E-state index in [0.29, 0.717) is 15.8 Å². The Labute approximate surface area is 145 Å². The number of nitrogens with zero attached hydrogens (tertiary/aromatic N) is 1. The molecule has 0 bridgehead atoms. The molecule has 5 heteroatoms. The predicted octanol–water partition coefficient (Wildman–Crippen LogP) is 4.46. The lowest BCUT2D eigenvalue weighted by Gasteiger charge is -2.12. The Morgan fingerprint density at radius 3 is 2.65 bits per heavy atom. The Kier molecular flexibility index (Phi) is 4.68. The summed E-state index contributed by atoms with van der Waals surface area (Å²) in [7, 11) is 1.66. The zero-order valence-corrected chi connectivity index (χ0v) is 14.7. The summed E-state index contributed by atoms with van der Waals surface area (Å²) in [4.78, 5) is 14.9. The standard InChI is InChI=1S/C18H17NO2S2/c1-3-10-19-17(20)16(23-18(19)22)11-12-8-9-15(21-2)14-7-5-4-6-13(12)14/h4-9,11H,3,10H2,1-2H3/b16-11-. The maximum absolute atomic E-state index is 12.5. The largest absolute Gasteiger partial charge is 0.496 e. The highest BCUT2D eigenvalue weighted by Crippen LogP contribution is 2.35. The van der Waals surface area contributed by atoms with Gasteiger partial charge in [0.2, 0.25) is 0 Å². The number of hydrogen-bond donors (Lipinski definition) is 0. The Hall–Kier alpha value is -1.85. The summed E-state index contributed by atoms with van der Waals surface area (Å²) in [6.45, 7) is 2.71. The first-order valence-electron chi connectivity index (χ1n) is 7.46. The summed E-state index contributed by atoms with van der Waals surface area (Å²) >= 11 is 6.69. The average molecular weight is 343 g/mol. The van der Waals surface area contributed by atoms with Crippen LogP contribution in [0.2, 0.25) is 0 Å². The highest BCUT2D eigenvalue weighted by molar-refractivity contribution is 8.26. The summed E-state index contributed by atoms with van der Waals surface area (Å²) in [5.74, 6) is 0.832. The number of thiocarbonyl (C=S) groups is 1. The fraction of sp³-hybridized carbons (Fsp3) is 0.222. The minimum Gasteiger partial charge on any atom is -0.496 e. The summed E-state index contributed by atoms with van der Waals surface area (Å²) in [6, 6.07) is 11.9. The monoisotopic (exact) mass is 343 g/mol. The molecule has 1 aliphatic rings. The summed E-state index contributed by atoms with van der Waals surface area (Å²) in [5, 5.41) is 2.10. The maximum atomic E-state index is 12.5. The van der Waals surface area contributed by atoms with Gasteiger partial charge in [-0.25, -0.2) is 0 Å². The Morgan fingerprint density at radius 1 is 1.22 bits per heavy atom. The van der Waals surface area contributed by atoms with E-state index in [4.69, 9.17) is 17.0 Å². The molecule has 0 spiro atoms. The molecule has 0 unspecified atom stereocenters. The molecule has 0 radical (unpaired) electrons. The predicted molar refractivity (Wildman–Crippen MR) is 101 cm³/mol. The van der Waals surface area contributed by atoms with Crippen molar-refractivity contribution in [2.24, 2.45) is 0 Å². The number of fused-ring (bicyclic) bond motifs is 1. The molecule has 2 aromatic rings. The first kappa shape index (κ1) is 16.0. The molecule has 1 heterocycles. The summed E-state index contributed by atoms with van der Waals surface area (Å²) < 4.78 is 6.06. The molecule has 1 saturated heterocycles. The summed E-state index contributed by atoms with van der Waals surface area (Å²) in [6.07, 6.45) is 2.82. The van der Waals surface area contributed by atoms with E-state index in [9.17, 15) is 4.79 Å². The second kappa shape index (κ2) is 6.72. The second-order valence-corrected chi connectivity index (χ2v) is 6.91. The number of carbonyl (C=O) groups excluding carboxylic acids is 1. The van der Waals surface area contributed by atoms with E-state index in [1.165, 1.54) is 11.8 Å². The molecule has 23 heavy (non-hydrogen) atoms. The van der Waals surface area contributed by atoms with E-state index in [1.54, 1.807) is 12.0 Å². The molecule has 3 nitrogen and oxygen atoms in total. The molecule has 1 fully saturated rings. The second-order valence-electron chi connectivity index (χ2n) is 5.24. The van der Waals surface area contributed by atoms with Gasteiger partial charge in [-0.05, 0) is 29.5 Å². The van der Waals surface area contributed by atoms with Crippen molar-refractivity contribution in [2.45, 2.75) is 13.3 Å². The highest BCUT2D eigenvalue weighted by atomic mass is 32.2. The van der Waals surface area contributed by atoms with Crippen LogP contribution in [0.15, 0.2) is 41.3 Å². The zero-order chi connectivity index (χ0) is 16.4. The molecule has 1 amide bonds. The van der Waals surface area contributed by atoms with Crippen LogP contribution in [-0.4, -0.2) is 28.8 Å². The lowest BCUT2D eigenvalue weighted by atomic mass is 10.0. The van der Waals surface area contributed by atoms with Gasteiger partial charge in [0.05, 0.1) is 12.0 Å². The first-order chi connectivity index (χ1) is 11.2. The highest BCUT2D eigenvalue weighted by Gasteiger charge is 2.31. The SMILES string of the molecule is CCCN1C(=O)/C(=C/c2ccc(OC)c3ccccc23)SC1=S. The molecule has 0 atom stereocenters. The van der Waals surface area contributed by atoms with E-state index in [2.05, 4.69) is 0 Å². The normalized spacial score (nSPS) is 16.6. The van der Waals surface area contributed by atoms with Gasteiger partial charge >= 0.3 is 0 Å². The van der Waals surface area contributed by atoms with Gasteiger partial charge in [-0.1, -0.05) is 61.2 Å². The maximum Gasteiger partial charge on any atom is 0.266 e. The lowest BCUT2D eigenvalue weighted by molar-refractivity contribution is -0.122. The molecule has 0 aliphatic carbocycles. The molecule has 1 aliphatic heterocycles. The van der Waals surface area contributed by atoms with E-state index >= 15 is 0 Å². The van der Waals surface area contributed by atoms with Crippen molar-refractivity contribution in [1.82, 2.24) is 4.90 Å². The van der Waals surface area contributed by atoms with Crippen LogP contribution in [-0.2, 0) is 4.79 Å². The van der Waals surface area contributed by atoms with Gasteiger partial charge in [0, 0.05) is 11.9 Å². The van der Waals surface area contributed by atoms with Gasteiger partial charge in [-0.3, -0.25) is 9.69 Å². The minimum absolute atomic E-state index is 0.00162. The molecular formula is C18H17NO2S2. The topological polar surface area (TPSA) is 29.5 Å². The molecular weight excluding hydrogens is 326 g/mol. The fourth-order valence-electron chi connectivity index (χ4n) is 2.66. The number of rotatable bonds is 4. The molecule has 2 aromatic carbocycles. The average Bonchev–Trinajstić information content (AvgIpc) is 2.83. The molecule has 0 saturated carbocycles. The van der Waals surface area contributed by atoms with Crippen molar-refractivity contribution >= 4 is 51.1 Å². The van der Waals surface area contributed by atoms with Gasteiger partial charge in [0.15, 0.2) is 0 Å². The first-order valence-corrected chi connectivity index (χ1v) is 8.69. The third-order valence-electron chi connectivity index (χ3n) is 3.75. The van der Waals surface area contributed by atoms with Crippen LogP contribution in [0.4, 0.5) is 0 Å².